The van der Waals surface area contributed by atoms with Crippen LogP contribution in [0.2, 0.25) is 0 Å². The van der Waals surface area contributed by atoms with Crippen LogP contribution in [0, 0.1) is 19.3 Å². The lowest BCUT2D eigenvalue weighted by molar-refractivity contribution is -0.120. The number of terminal acetylenes is 1. The van der Waals surface area contributed by atoms with E-state index in [0.29, 0.717) is 25.8 Å². The number of aryl methyl sites for hydroxylation is 2. The van der Waals surface area contributed by atoms with Gasteiger partial charge in [-0.3, -0.25) is 9.48 Å². The first-order valence-corrected chi connectivity index (χ1v) is 8.93. The molecule has 2 aromatic rings. The quantitative estimate of drug-likeness (QED) is 0.738. The van der Waals surface area contributed by atoms with Gasteiger partial charge in [0.05, 0.1) is 12.1 Å². The van der Waals surface area contributed by atoms with Gasteiger partial charge in [-0.05, 0) is 13.0 Å². The maximum absolute atomic E-state index is 12.2. The lowest BCUT2D eigenvalue weighted by Crippen LogP contribution is -2.29. The van der Waals surface area contributed by atoms with Crippen LogP contribution in [-0.2, 0) is 18.3 Å². The zero-order chi connectivity index (χ0) is 17.9. The van der Waals surface area contributed by atoms with Crippen molar-refractivity contribution in [3.8, 4) is 23.0 Å². The van der Waals surface area contributed by atoms with E-state index in [9.17, 15) is 4.79 Å². The molecule has 0 bridgehead atoms. The van der Waals surface area contributed by atoms with Gasteiger partial charge in [0, 0.05) is 43.9 Å². The Labute approximate surface area is 150 Å². The molecule has 3 heterocycles. The lowest BCUT2D eigenvalue weighted by Gasteiger charge is -2.09. The molecule has 0 aromatic carbocycles. The van der Waals surface area contributed by atoms with Crippen molar-refractivity contribution in [2.24, 2.45) is 17.3 Å². The van der Waals surface area contributed by atoms with Crippen LogP contribution in [-0.4, -0.2) is 32.9 Å². The summed E-state index contributed by atoms with van der Waals surface area (Å²) in [7, 11) is 1.87. The molecular weight excluding hydrogens is 336 g/mol. The molecule has 0 saturated carbocycles. The molecule has 3 rings (SSSR count). The highest BCUT2D eigenvalue weighted by molar-refractivity contribution is 7.15. The second kappa shape index (κ2) is 7.15. The van der Waals surface area contributed by atoms with Crippen molar-refractivity contribution in [3.63, 3.8) is 0 Å². The normalized spacial score (nSPS) is 14.3. The first-order valence-electron chi connectivity index (χ1n) is 8.12. The number of aromatic nitrogens is 3. The average Bonchev–Trinajstić information content (AvgIpc) is 3.06. The Bertz CT molecular complexity index is 838. The van der Waals surface area contributed by atoms with Crippen molar-refractivity contribution in [1.82, 2.24) is 20.1 Å². The van der Waals surface area contributed by atoms with E-state index in [1.54, 1.807) is 4.68 Å². The van der Waals surface area contributed by atoms with E-state index in [0.717, 1.165) is 27.7 Å². The number of hydrogen-bond acceptors (Lipinski definition) is 6. The van der Waals surface area contributed by atoms with E-state index in [-0.39, 0.29) is 11.6 Å². The number of thiazole rings is 1. The highest BCUT2D eigenvalue weighted by atomic mass is 32.1. The molecule has 8 heteroatoms. The van der Waals surface area contributed by atoms with E-state index < -0.39 is 0 Å². The number of amides is 1. The predicted molar refractivity (Wildman–Crippen MR) is 96.0 cm³/mol. The van der Waals surface area contributed by atoms with Crippen molar-refractivity contribution in [3.05, 3.63) is 22.8 Å². The van der Waals surface area contributed by atoms with Crippen molar-refractivity contribution in [2.75, 3.05) is 6.54 Å². The zero-order valence-corrected chi connectivity index (χ0v) is 15.1. The fourth-order valence-corrected chi connectivity index (χ4v) is 3.54. The Balaban J connectivity index is 1.50. The van der Waals surface area contributed by atoms with Crippen molar-refractivity contribution < 1.29 is 4.79 Å². The van der Waals surface area contributed by atoms with E-state index in [2.05, 4.69) is 31.5 Å². The molecule has 130 valence electrons. The summed E-state index contributed by atoms with van der Waals surface area (Å²) >= 11 is 1.51. The SMILES string of the molecule is C#CCCC1(CCNC(=O)Cc2sc(-c3ccn(C)n3)nc2C)N=N1. The van der Waals surface area contributed by atoms with E-state index in [4.69, 9.17) is 6.42 Å². The van der Waals surface area contributed by atoms with Gasteiger partial charge in [0.2, 0.25) is 5.91 Å². The molecule has 1 aliphatic heterocycles. The third-order valence-corrected chi connectivity index (χ3v) is 5.23. The Morgan fingerprint density at radius 1 is 1.44 bits per heavy atom. The average molecular weight is 356 g/mol. The molecule has 2 aromatic heterocycles. The summed E-state index contributed by atoms with van der Waals surface area (Å²) in [6, 6.07) is 1.92. The summed E-state index contributed by atoms with van der Waals surface area (Å²) in [5.74, 6) is 2.58. The minimum absolute atomic E-state index is 0.0212. The van der Waals surface area contributed by atoms with Crippen LogP contribution in [0.1, 0.15) is 29.8 Å². The van der Waals surface area contributed by atoms with Gasteiger partial charge >= 0.3 is 0 Å². The first kappa shape index (κ1) is 17.3. The zero-order valence-electron chi connectivity index (χ0n) is 14.3. The second-order valence-corrected chi connectivity index (χ2v) is 7.15. The highest BCUT2D eigenvalue weighted by Gasteiger charge is 2.38. The van der Waals surface area contributed by atoms with Gasteiger partial charge in [0.1, 0.15) is 10.7 Å². The topological polar surface area (TPSA) is 84.5 Å². The Kier molecular flexibility index (Phi) is 4.95. The molecule has 1 N–H and O–H groups in total. The third-order valence-electron chi connectivity index (χ3n) is 4.05. The summed E-state index contributed by atoms with van der Waals surface area (Å²) in [6.07, 6.45) is 9.57. The van der Waals surface area contributed by atoms with Crippen LogP contribution in [0.3, 0.4) is 0 Å². The molecule has 0 atom stereocenters. The van der Waals surface area contributed by atoms with Gasteiger partial charge in [-0.15, -0.1) is 23.7 Å². The minimum Gasteiger partial charge on any atom is -0.356 e. The van der Waals surface area contributed by atoms with Crippen molar-refractivity contribution in [2.45, 2.75) is 38.3 Å². The Morgan fingerprint density at radius 3 is 2.88 bits per heavy atom. The molecule has 7 nitrogen and oxygen atoms in total. The standard InChI is InChI=1S/C17H20N6OS/c1-4-5-7-17(21-22-17)8-9-18-15(24)11-14-12(2)19-16(25-14)13-6-10-23(3)20-13/h1,6,10H,5,7-9,11H2,2-3H3,(H,18,24). The monoisotopic (exact) mass is 356 g/mol. The van der Waals surface area contributed by atoms with E-state index >= 15 is 0 Å². The molecule has 0 fully saturated rings. The summed E-state index contributed by atoms with van der Waals surface area (Å²) < 4.78 is 1.74. The predicted octanol–water partition coefficient (Wildman–Crippen LogP) is 2.48. The Morgan fingerprint density at radius 2 is 2.24 bits per heavy atom. The molecule has 0 unspecified atom stereocenters. The summed E-state index contributed by atoms with van der Waals surface area (Å²) in [5, 5.41) is 16.3. The molecule has 25 heavy (non-hydrogen) atoms. The van der Waals surface area contributed by atoms with Crippen LogP contribution in [0.15, 0.2) is 22.5 Å². The third kappa shape index (κ3) is 4.31. The van der Waals surface area contributed by atoms with Crippen molar-refractivity contribution in [1.29, 1.82) is 0 Å². The van der Waals surface area contributed by atoms with Crippen LogP contribution < -0.4 is 5.32 Å². The molecule has 1 aliphatic rings. The first-order chi connectivity index (χ1) is 12.0. The molecule has 0 aliphatic carbocycles. The second-order valence-electron chi connectivity index (χ2n) is 6.07. The fraction of sp³-hybridized carbons (Fsp3) is 0.471. The number of carbonyl (C=O) groups excluding carboxylic acids is 1. The van der Waals surface area contributed by atoms with Crippen LogP contribution in [0.5, 0.6) is 0 Å². The minimum atomic E-state index is -0.355. The number of nitrogens with one attached hydrogen (secondary N) is 1. The molecule has 0 saturated heterocycles. The maximum atomic E-state index is 12.2. The van der Waals surface area contributed by atoms with Crippen LogP contribution >= 0.6 is 11.3 Å². The number of nitrogens with zero attached hydrogens (tertiary/aromatic N) is 5. The van der Waals surface area contributed by atoms with Gasteiger partial charge in [0.25, 0.3) is 0 Å². The van der Waals surface area contributed by atoms with Gasteiger partial charge in [-0.25, -0.2) is 4.98 Å². The van der Waals surface area contributed by atoms with Gasteiger partial charge < -0.3 is 5.32 Å². The van der Waals surface area contributed by atoms with Gasteiger partial charge in [-0.2, -0.15) is 15.3 Å². The fourth-order valence-electron chi connectivity index (χ4n) is 2.51. The van der Waals surface area contributed by atoms with Gasteiger partial charge in [-0.1, -0.05) is 0 Å². The smallest absolute Gasteiger partial charge is 0.225 e. The molecular formula is C17H20N6OS. The number of hydrogen-bond donors (Lipinski definition) is 1. The van der Waals surface area contributed by atoms with E-state index in [1.807, 2.05) is 26.2 Å². The molecule has 0 radical (unpaired) electrons. The Hall–Kier alpha value is -2.53. The summed E-state index contributed by atoms with van der Waals surface area (Å²) in [5.41, 5.74) is 1.35. The number of carbonyl (C=O) groups is 1. The van der Waals surface area contributed by atoms with Crippen LogP contribution in [0.25, 0.3) is 10.7 Å². The maximum Gasteiger partial charge on any atom is 0.225 e. The van der Waals surface area contributed by atoms with Crippen LogP contribution in [0.4, 0.5) is 0 Å². The number of rotatable bonds is 8. The van der Waals surface area contributed by atoms with Crippen molar-refractivity contribution >= 4 is 17.2 Å². The van der Waals surface area contributed by atoms with E-state index in [1.165, 1.54) is 11.3 Å². The summed E-state index contributed by atoms with van der Waals surface area (Å²) in [4.78, 5) is 17.7. The highest BCUT2D eigenvalue weighted by Crippen LogP contribution is 2.36. The molecule has 1 amide bonds. The molecule has 0 spiro atoms. The van der Waals surface area contributed by atoms with Gasteiger partial charge in [0.15, 0.2) is 5.66 Å². The largest absolute Gasteiger partial charge is 0.356 e. The lowest BCUT2D eigenvalue weighted by atomic mass is 10.0. The summed E-state index contributed by atoms with van der Waals surface area (Å²) in [6.45, 7) is 2.46.